The summed E-state index contributed by atoms with van der Waals surface area (Å²) in [6.07, 6.45) is 3.23. The lowest BCUT2D eigenvalue weighted by atomic mass is 10.1. The molecule has 8 heteroatoms. The quantitative estimate of drug-likeness (QED) is 0.295. The number of nitrogens with one attached hydrogen (secondary N) is 1. The molecule has 0 saturated carbocycles. The van der Waals surface area contributed by atoms with Crippen LogP contribution in [0.15, 0.2) is 90.2 Å². The number of hydrazone groups is 1. The predicted molar refractivity (Wildman–Crippen MR) is 127 cm³/mol. The van der Waals surface area contributed by atoms with Crippen LogP contribution in [-0.2, 0) is 4.79 Å². The summed E-state index contributed by atoms with van der Waals surface area (Å²) in [7, 11) is 0. The van der Waals surface area contributed by atoms with Gasteiger partial charge in [-0.2, -0.15) is 10.2 Å². The third kappa shape index (κ3) is 5.17. The molecule has 1 N–H and O–H groups in total. The van der Waals surface area contributed by atoms with Crippen LogP contribution in [0.2, 0.25) is 10.0 Å². The van der Waals surface area contributed by atoms with E-state index in [4.69, 9.17) is 27.9 Å². The number of hydrogen-bond donors (Lipinski definition) is 1. The smallest absolute Gasteiger partial charge is 0.277 e. The van der Waals surface area contributed by atoms with Gasteiger partial charge in [0.25, 0.3) is 5.91 Å². The number of carbonyl (C=O) groups excluding carboxylic acids is 1. The topological polar surface area (TPSA) is 68.5 Å². The van der Waals surface area contributed by atoms with Crippen LogP contribution in [0.25, 0.3) is 16.9 Å². The number of benzene rings is 3. The molecule has 3 aromatic carbocycles. The number of amides is 1. The van der Waals surface area contributed by atoms with E-state index in [9.17, 15) is 4.79 Å². The summed E-state index contributed by atoms with van der Waals surface area (Å²) in [4.78, 5) is 12.2. The molecule has 160 valence electrons. The van der Waals surface area contributed by atoms with Gasteiger partial charge < -0.3 is 4.74 Å². The van der Waals surface area contributed by atoms with Gasteiger partial charge in [-0.05, 0) is 35.9 Å². The van der Waals surface area contributed by atoms with Gasteiger partial charge in [0.1, 0.15) is 5.75 Å². The molecule has 1 aromatic heterocycles. The number of aromatic nitrogens is 2. The monoisotopic (exact) mass is 464 g/mol. The highest BCUT2D eigenvalue weighted by atomic mass is 35.5. The van der Waals surface area contributed by atoms with Crippen molar-refractivity contribution in [3.05, 3.63) is 101 Å². The first kappa shape index (κ1) is 21.6. The largest absolute Gasteiger partial charge is 0.481 e. The summed E-state index contributed by atoms with van der Waals surface area (Å²) in [6.45, 7) is -0.278. The average Bonchev–Trinajstić information content (AvgIpc) is 3.29. The number of para-hydroxylation sites is 1. The van der Waals surface area contributed by atoms with Gasteiger partial charge in [0.2, 0.25) is 0 Å². The highest BCUT2D eigenvalue weighted by Gasteiger charge is 2.18. The zero-order valence-electron chi connectivity index (χ0n) is 16.8. The van der Waals surface area contributed by atoms with Crippen molar-refractivity contribution in [1.29, 1.82) is 0 Å². The first-order valence-corrected chi connectivity index (χ1v) is 10.5. The van der Waals surface area contributed by atoms with Crippen molar-refractivity contribution in [3.63, 3.8) is 0 Å². The Kier molecular flexibility index (Phi) is 6.84. The van der Waals surface area contributed by atoms with Crippen molar-refractivity contribution in [2.45, 2.75) is 0 Å². The minimum absolute atomic E-state index is 0.278. The SMILES string of the molecule is O=C(COc1c(Cl)cc(Cl)cc1-c1ccnn1-c1ccccc1)N/N=C/c1ccccc1. The van der Waals surface area contributed by atoms with Crippen molar-refractivity contribution < 1.29 is 9.53 Å². The van der Waals surface area contributed by atoms with Crippen LogP contribution in [0, 0.1) is 0 Å². The first-order valence-electron chi connectivity index (χ1n) is 9.70. The highest BCUT2D eigenvalue weighted by molar-refractivity contribution is 6.36. The van der Waals surface area contributed by atoms with Crippen LogP contribution in [0.5, 0.6) is 5.75 Å². The molecule has 0 saturated heterocycles. The van der Waals surface area contributed by atoms with E-state index in [-0.39, 0.29) is 11.6 Å². The van der Waals surface area contributed by atoms with Crippen molar-refractivity contribution in [1.82, 2.24) is 15.2 Å². The van der Waals surface area contributed by atoms with Gasteiger partial charge in [-0.3, -0.25) is 4.79 Å². The maximum Gasteiger partial charge on any atom is 0.277 e. The van der Waals surface area contributed by atoms with E-state index in [0.29, 0.717) is 16.3 Å². The van der Waals surface area contributed by atoms with Gasteiger partial charge in [-0.15, -0.1) is 0 Å². The molecule has 1 heterocycles. The molecular weight excluding hydrogens is 447 g/mol. The van der Waals surface area contributed by atoms with Gasteiger partial charge in [-0.25, -0.2) is 10.1 Å². The van der Waals surface area contributed by atoms with E-state index in [1.54, 1.807) is 29.2 Å². The lowest BCUT2D eigenvalue weighted by Crippen LogP contribution is -2.24. The van der Waals surface area contributed by atoms with Crippen molar-refractivity contribution in [3.8, 4) is 22.7 Å². The number of rotatable bonds is 7. The summed E-state index contributed by atoms with van der Waals surface area (Å²) in [6, 6.07) is 24.2. The lowest BCUT2D eigenvalue weighted by molar-refractivity contribution is -0.123. The minimum Gasteiger partial charge on any atom is -0.481 e. The van der Waals surface area contributed by atoms with Crippen LogP contribution in [0.1, 0.15) is 5.56 Å². The minimum atomic E-state index is -0.425. The third-order valence-electron chi connectivity index (χ3n) is 4.48. The van der Waals surface area contributed by atoms with Gasteiger partial charge in [0, 0.05) is 10.6 Å². The Morgan fingerprint density at radius 2 is 1.75 bits per heavy atom. The van der Waals surface area contributed by atoms with E-state index < -0.39 is 5.91 Å². The van der Waals surface area contributed by atoms with E-state index in [0.717, 1.165) is 16.9 Å². The Hall–Kier alpha value is -3.61. The Morgan fingerprint density at radius 3 is 2.50 bits per heavy atom. The van der Waals surface area contributed by atoms with Crippen molar-refractivity contribution in [2.75, 3.05) is 6.61 Å². The summed E-state index contributed by atoms with van der Waals surface area (Å²) in [5.74, 6) is -0.0957. The Labute approximate surface area is 195 Å². The molecule has 0 radical (unpaired) electrons. The fourth-order valence-electron chi connectivity index (χ4n) is 3.07. The van der Waals surface area contributed by atoms with Gasteiger partial charge in [0.05, 0.1) is 28.8 Å². The molecule has 1 amide bonds. The molecule has 0 atom stereocenters. The normalized spacial score (nSPS) is 10.9. The third-order valence-corrected chi connectivity index (χ3v) is 4.98. The van der Waals surface area contributed by atoms with Crippen molar-refractivity contribution in [2.24, 2.45) is 5.10 Å². The summed E-state index contributed by atoms with van der Waals surface area (Å²) < 4.78 is 7.53. The van der Waals surface area contributed by atoms with Crippen LogP contribution in [0.4, 0.5) is 0 Å². The average molecular weight is 465 g/mol. The molecule has 32 heavy (non-hydrogen) atoms. The number of carbonyl (C=O) groups is 1. The molecule has 0 fully saturated rings. The molecule has 0 aliphatic rings. The van der Waals surface area contributed by atoms with Gasteiger partial charge in [0.15, 0.2) is 6.61 Å². The zero-order chi connectivity index (χ0) is 22.3. The van der Waals surface area contributed by atoms with E-state index in [1.165, 1.54) is 0 Å². The second-order valence-electron chi connectivity index (χ2n) is 6.72. The molecule has 4 aromatic rings. The van der Waals surface area contributed by atoms with E-state index in [1.807, 2.05) is 66.7 Å². The molecule has 0 bridgehead atoms. The molecule has 0 aliphatic heterocycles. The van der Waals surface area contributed by atoms with E-state index in [2.05, 4.69) is 15.6 Å². The Balaban J connectivity index is 1.54. The predicted octanol–water partition coefficient (Wildman–Crippen LogP) is 5.38. The molecule has 0 aliphatic carbocycles. The standard InChI is InChI=1S/C24H18Cl2N4O2/c25-18-13-20(22-11-12-28-30(22)19-9-5-2-6-10-19)24(21(26)14-18)32-16-23(31)29-27-15-17-7-3-1-4-8-17/h1-15H,16H2,(H,29,31)/b27-15+. The van der Waals surface area contributed by atoms with Crippen molar-refractivity contribution >= 4 is 35.3 Å². The Morgan fingerprint density at radius 1 is 1.03 bits per heavy atom. The van der Waals surface area contributed by atoms with Gasteiger partial charge >= 0.3 is 0 Å². The zero-order valence-corrected chi connectivity index (χ0v) is 18.3. The molecule has 6 nitrogen and oxygen atoms in total. The summed E-state index contributed by atoms with van der Waals surface area (Å²) >= 11 is 12.7. The number of halogens is 2. The summed E-state index contributed by atoms with van der Waals surface area (Å²) in [5.41, 5.74) is 5.51. The fraction of sp³-hybridized carbons (Fsp3) is 0.0417. The van der Waals surface area contributed by atoms with Crippen LogP contribution < -0.4 is 10.2 Å². The molecule has 4 rings (SSSR count). The summed E-state index contributed by atoms with van der Waals surface area (Å²) in [5, 5.41) is 9.07. The molecular formula is C24H18Cl2N4O2. The maximum atomic E-state index is 12.2. The van der Waals surface area contributed by atoms with Crippen LogP contribution >= 0.6 is 23.2 Å². The second kappa shape index (κ2) is 10.1. The highest BCUT2D eigenvalue weighted by Crippen LogP contribution is 2.39. The lowest BCUT2D eigenvalue weighted by Gasteiger charge is -2.15. The fourth-order valence-corrected chi connectivity index (χ4v) is 3.62. The Bertz CT molecular complexity index is 1240. The van der Waals surface area contributed by atoms with Gasteiger partial charge in [-0.1, -0.05) is 71.7 Å². The van der Waals surface area contributed by atoms with E-state index >= 15 is 0 Å². The number of nitrogens with zero attached hydrogens (tertiary/aromatic N) is 3. The molecule has 0 spiro atoms. The number of ether oxygens (including phenoxy) is 1. The molecule has 0 unspecified atom stereocenters. The first-order chi connectivity index (χ1) is 15.6. The number of hydrogen-bond acceptors (Lipinski definition) is 4. The van der Waals surface area contributed by atoms with Crippen LogP contribution in [0.3, 0.4) is 0 Å². The van der Waals surface area contributed by atoms with Crippen LogP contribution in [-0.4, -0.2) is 28.5 Å². The maximum absolute atomic E-state index is 12.2. The second-order valence-corrected chi connectivity index (χ2v) is 7.56.